The maximum Gasteiger partial charge on any atom is 0.251 e. The number of benzene rings is 2. The number of aryl methyl sites for hydroxylation is 1. The summed E-state index contributed by atoms with van der Waals surface area (Å²) >= 11 is 1.31. The summed E-state index contributed by atoms with van der Waals surface area (Å²) in [6.45, 7) is 8.05. The smallest absolute Gasteiger partial charge is 0.251 e. The van der Waals surface area contributed by atoms with Gasteiger partial charge in [-0.3, -0.25) is 9.59 Å². The number of hydrogen-bond donors (Lipinski definition) is 2. The molecule has 0 fully saturated rings. The molecule has 1 heterocycles. The van der Waals surface area contributed by atoms with Crippen LogP contribution in [0.1, 0.15) is 47.2 Å². The zero-order valence-corrected chi connectivity index (χ0v) is 19.9. The van der Waals surface area contributed by atoms with Gasteiger partial charge in [0.1, 0.15) is 0 Å². The molecule has 0 radical (unpaired) electrons. The van der Waals surface area contributed by atoms with Crippen LogP contribution in [0.3, 0.4) is 0 Å². The second-order valence-corrected chi connectivity index (χ2v) is 8.99. The molecule has 0 saturated carbocycles. The van der Waals surface area contributed by atoms with E-state index in [4.69, 9.17) is 0 Å². The van der Waals surface area contributed by atoms with E-state index in [1.54, 1.807) is 12.1 Å². The van der Waals surface area contributed by atoms with Gasteiger partial charge in [0.05, 0.1) is 11.8 Å². The number of carbonyl (C=O) groups is 2. The Morgan fingerprint density at radius 3 is 2.44 bits per heavy atom. The molecule has 7 nitrogen and oxygen atoms in total. The molecule has 3 rings (SSSR count). The third kappa shape index (κ3) is 5.56. The molecule has 0 spiro atoms. The van der Waals surface area contributed by atoms with Gasteiger partial charge in [0.15, 0.2) is 11.0 Å². The maximum atomic E-state index is 12.7. The number of hydrogen-bond acceptors (Lipinski definition) is 5. The van der Waals surface area contributed by atoms with Crippen LogP contribution >= 0.6 is 11.8 Å². The van der Waals surface area contributed by atoms with Crippen molar-refractivity contribution in [1.82, 2.24) is 20.1 Å². The lowest BCUT2D eigenvalue weighted by atomic mass is 10.0. The molecule has 1 atom stereocenters. The van der Waals surface area contributed by atoms with E-state index >= 15 is 0 Å². The van der Waals surface area contributed by atoms with E-state index in [2.05, 4.69) is 20.8 Å². The Hall–Kier alpha value is -3.13. The van der Waals surface area contributed by atoms with Crippen LogP contribution in [0.2, 0.25) is 0 Å². The number of nitrogens with zero attached hydrogens (tertiary/aromatic N) is 3. The lowest BCUT2D eigenvalue weighted by molar-refractivity contribution is -0.113. The largest absolute Gasteiger partial charge is 0.342 e. The summed E-state index contributed by atoms with van der Waals surface area (Å²) in [7, 11) is 1.85. The molecule has 1 aromatic heterocycles. The molecule has 32 heavy (non-hydrogen) atoms. The Morgan fingerprint density at radius 2 is 1.75 bits per heavy atom. The molecule has 0 aliphatic heterocycles. The van der Waals surface area contributed by atoms with Gasteiger partial charge in [0.2, 0.25) is 5.91 Å². The van der Waals surface area contributed by atoms with Crippen LogP contribution in [0.15, 0.2) is 53.7 Å². The highest BCUT2D eigenvalue weighted by Gasteiger charge is 2.25. The summed E-state index contributed by atoms with van der Waals surface area (Å²) in [6, 6.07) is 14.6. The fourth-order valence-corrected chi connectivity index (χ4v) is 3.99. The van der Waals surface area contributed by atoms with Crippen molar-refractivity contribution in [3.05, 3.63) is 71.0 Å². The third-order valence-corrected chi connectivity index (χ3v) is 6.37. The molecule has 2 amide bonds. The number of aromatic nitrogens is 3. The van der Waals surface area contributed by atoms with Gasteiger partial charge in [-0.25, -0.2) is 0 Å². The fraction of sp³-hybridized carbons (Fsp3) is 0.333. The van der Waals surface area contributed by atoms with Crippen LogP contribution in [-0.2, 0) is 11.8 Å². The van der Waals surface area contributed by atoms with Crippen molar-refractivity contribution in [2.75, 3.05) is 11.1 Å². The molecule has 0 aliphatic carbocycles. The summed E-state index contributed by atoms with van der Waals surface area (Å²) < 4.78 is 1.84. The van der Waals surface area contributed by atoms with Gasteiger partial charge in [-0.05, 0) is 49.1 Å². The van der Waals surface area contributed by atoms with E-state index in [1.165, 1.54) is 11.8 Å². The molecule has 0 aliphatic rings. The quantitative estimate of drug-likeness (QED) is 0.499. The van der Waals surface area contributed by atoms with E-state index < -0.39 is 0 Å². The highest BCUT2D eigenvalue weighted by molar-refractivity contribution is 7.99. The molecule has 0 saturated heterocycles. The average molecular weight is 452 g/mol. The minimum Gasteiger partial charge on any atom is -0.342 e. The third-order valence-electron chi connectivity index (χ3n) is 5.35. The van der Waals surface area contributed by atoms with Crippen molar-refractivity contribution in [1.29, 1.82) is 0 Å². The van der Waals surface area contributed by atoms with E-state index in [9.17, 15) is 9.59 Å². The lowest BCUT2D eigenvalue weighted by Crippen LogP contribution is -2.33. The van der Waals surface area contributed by atoms with Crippen LogP contribution in [-0.4, -0.2) is 32.3 Å². The summed E-state index contributed by atoms with van der Waals surface area (Å²) in [6.07, 6.45) is 0. The predicted octanol–water partition coefficient (Wildman–Crippen LogP) is 4.29. The van der Waals surface area contributed by atoms with Crippen molar-refractivity contribution in [2.24, 2.45) is 13.0 Å². The zero-order chi connectivity index (χ0) is 23.3. The molecule has 0 bridgehead atoms. The Kier molecular flexibility index (Phi) is 7.69. The molecular weight excluding hydrogens is 422 g/mol. The summed E-state index contributed by atoms with van der Waals surface area (Å²) in [5, 5.41) is 15.2. The zero-order valence-electron chi connectivity index (χ0n) is 19.0. The average Bonchev–Trinajstić information content (AvgIpc) is 3.14. The van der Waals surface area contributed by atoms with Gasteiger partial charge in [0, 0.05) is 18.3 Å². The first-order chi connectivity index (χ1) is 15.3. The first-order valence-corrected chi connectivity index (χ1v) is 11.5. The second-order valence-electron chi connectivity index (χ2n) is 8.05. The normalized spacial score (nSPS) is 11.9. The van der Waals surface area contributed by atoms with Gasteiger partial charge >= 0.3 is 0 Å². The molecule has 2 aromatic carbocycles. The number of carbonyl (C=O) groups excluding carboxylic acids is 2. The van der Waals surface area contributed by atoms with Gasteiger partial charge in [-0.1, -0.05) is 55.9 Å². The molecule has 0 unspecified atom stereocenters. The standard InChI is InChI=1S/C24H29N5O2S/c1-15(2)21(26-23(31)18-11-7-6-8-12-18)22-27-28-24(29(22)5)32-14-20(30)25-19-13-9-10-16(3)17(19)4/h6-13,15,21H,14H2,1-5H3,(H,25,30)(H,26,31)/t21-/m0/s1. The van der Waals surface area contributed by atoms with Crippen LogP contribution in [0.5, 0.6) is 0 Å². The Bertz CT molecular complexity index is 1100. The number of nitrogens with one attached hydrogen (secondary N) is 2. The van der Waals surface area contributed by atoms with E-state index in [-0.39, 0.29) is 29.5 Å². The Morgan fingerprint density at radius 1 is 1.03 bits per heavy atom. The predicted molar refractivity (Wildman–Crippen MR) is 128 cm³/mol. The number of thioether (sulfide) groups is 1. The van der Waals surface area contributed by atoms with Gasteiger partial charge in [-0.15, -0.1) is 10.2 Å². The monoisotopic (exact) mass is 451 g/mol. The highest BCUT2D eigenvalue weighted by atomic mass is 32.2. The summed E-state index contributed by atoms with van der Waals surface area (Å²) in [5.74, 6) is 0.709. The van der Waals surface area contributed by atoms with Crippen LogP contribution in [0.25, 0.3) is 0 Å². The summed E-state index contributed by atoms with van der Waals surface area (Å²) in [4.78, 5) is 25.1. The lowest BCUT2D eigenvalue weighted by Gasteiger charge is -2.21. The van der Waals surface area contributed by atoms with Crippen molar-refractivity contribution >= 4 is 29.3 Å². The fourth-order valence-electron chi connectivity index (χ4n) is 3.27. The topological polar surface area (TPSA) is 88.9 Å². The molecule has 8 heteroatoms. The first-order valence-electron chi connectivity index (χ1n) is 10.5. The number of amides is 2. The van der Waals surface area contributed by atoms with Crippen molar-refractivity contribution < 1.29 is 9.59 Å². The van der Waals surface area contributed by atoms with E-state index in [1.807, 2.05) is 75.7 Å². The number of rotatable bonds is 8. The Labute approximate surface area is 193 Å². The molecule has 3 aromatic rings. The minimum absolute atomic E-state index is 0.106. The summed E-state index contributed by atoms with van der Waals surface area (Å²) in [5.41, 5.74) is 3.60. The molecule has 168 valence electrons. The van der Waals surface area contributed by atoms with E-state index in [0.717, 1.165) is 16.8 Å². The van der Waals surface area contributed by atoms with Gasteiger partial charge in [-0.2, -0.15) is 0 Å². The van der Waals surface area contributed by atoms with Crippen LogP contribution in [0, 0.1) is 19.8 Å². The van der Waals surface area contributed by atoms with Crippen molar-refractivity contribution in [3.63, 3.8) is 0 Å². The highest BCUT2D eigenvalue weighted by Crippen LogP contribution is 2.25. The number of anilines is 1. The SMILES string of the molecule is Cc1cccc(NC(=O)CSc2nnc([C@@H](NC(=O)c3ccccc3)C(C)C)n2C)c1C. The first kappa shape index (κ1) is 23.5. The van der Waals surface area contributed by atoms with Crippen LogP contribution < -0.4 is 10.6 Å². The van der Waals surface area contributed by atoms with Crippen LogP contribution in [0.4, 0.5) is 5.69 Å². The van der Waals surface area contributed by atoms with E-state index in [0.29, 0.717) is 16.5 Å². The second kappa shape index (κ2) is 10.5. The maximum absolute atomic E-state index is 12.7. The minimum atomic E-state index is -0.307. The Balaban J connectivity index is 1.67. The van der Waals surface area contributed by atoms with Gasteiger partial charge in [0.25, 0.3) is 5.91 Å². The molecule has 2 N–H and O–H groups in total. The van der Waals surface area contributed by atoms with Crippen molar-refractivity contribution in [2.45, 2.75) is 38.9 Å². The van der Waals surface area contributed by atoms with Crippen molar-refractivity contribution in [3.8, 4) is 0 Å². The van der Waals surface area contributed by atoms with Gasteiger partial charge < -0.3 is 15.2 Å². The molecular formula is C24H29N5O2S.